The van der Waals surface area contributed by atoms with Gasteiger partial charge in [0.2, 0.25) is 5.91 Å². The third kappa shape index (κ3) is 5.00. The van der Waals surface area contributed by atoms with Crippen LogP contribution >= 0.6 is 0 Å². The Bertz CT molecular complexity index is 1420. The zero-order valence-corrected chi connectivity index (χ0v) is 22.0. The van der Waals surface area contributed by atoms with Gasteiger partial charge in [0.15, 0.2) is 5.82 Å². The van der Waals surface area contributed by atoms with E-state index in [2.05, 4.69) is 49.5 Å². The Morgan fingerprint density at radius 2 is 1.76 bits per heavy atom. The standard InChI is InChI=1S/C30H35N7O/c1-21-5-6-27-26(18-21)34-29(25-4-2-3-12-32-25)37(27)24-10-16-36(17-11-24)30(38)23-8-14-35(15-9-23)20-22-7-13-33-28(31)19-22/h2-7,12-13,18-19,23-24H,8-11,14-17,20H2,1H3,(H2,31,33). The fraction of sp³-hybridized carbons (Fsp3) is 0.400. The molecule has 38 heavy (non-hydrogen) atoms. The minimum Gasteiger partial charge on any atom is -0.384 e. The molecule has 2 N–H and O–H groups in total. The van der Waals surface area contributed by atoms with Crippen LogP contribution in [-0.2, 0) is 11.3 Å². The van der Waals surface area contributed by atoms with E-state index >= 15 is 0 Å². The van der Waals surface area contributed by atoms with E-state index < -0.39 is 0 Å². The van der Waals surface area contributed by atoms with Gasteiger partial charge in [-0.2, -0.15) is 0 Å². The number of anilines is 1. The molecule has 1 aromatic carbocycles. The maximum absolute atomic E-state index is 13.4. The molecule has 2 aliphatic heterocycles. The number of aryl methyl sites for hydroxylation is 1. The largest absolute Gasteiger partial charge is 0.384 e. The van der Waals surface area contributed by atoms with E-state index in [-0.39, 0.29) is 5.92 Å². The first-order chi connectivity index (χ1) is 18.5. The Morgan fingerprint density at radius 1 is 0.947 bits per heavy atom. The van der Waals surface area contributed by atoms with Crippen LogP contribution in [0.25, 0.3) is 22.6 Å². The number of nitrogen functional groups attached to an aromatic ring is 1. The smallest absolute Gasteiger partial charge is 0.225 e. The predicted octanol–water partition coefficient (Wildman–Crippen LogP) is 4.46. The molecule has 0 unspecified atom stereocenters. The van der Waals surface area contributed by atoms with E-state index in [4.69, 9.17) is 10.7 Å². The second-order valence-electron chi connectivity index (χ2n) is 10.7. The summed E-state index contributed by atoms with van der Waals surface area (Å²) in [6, 6.07) is 16.7. The maximum atomic E-state index is 13.4. The van der Waals surface area contributed by atoms with Gasteiger partial charge in [0.1, 0.15) is 11.5 Å². The van der Waals surface area contributed by atoms with Crippen LogP contribution in [0.15, 0.2) is 60.9 Å². The number of amides is 1. The van der Waals surface area contributed by atoms with Gasteiger partial charge in [0.05, 0.1) is 11.0 Å². The lowest BCUT2D eigenvalue weighted by atomic mass is 9.93. The zero-order valence-electron chi connectivity index (χ0n) is 22.0. The van der Waals surface area contributed by atoms with Crippen molar-refractivity contribution in [3.05, 3.63) is 72.1 Å². The fourth-order valence-electron chi connectivity index (χ4n) is 6.05. The first kappa shape index (κ1) is 24.6. The van der Waals surface area contributed by atoms with Crippen molar-refractivity contribution >= 4 is 22.8 Å². The molecule has 0 bridgehead atoms. The van der Waals surface area contributed by atoms with Crippen molar-refractivity contribution in [1.29, 1.82) is 0 Å². The van der Waals surface area contributed by atoms with Crippen molar-refractivity contribution in [2.45, 2.75) is 45.2 Å². The number of likely N-dealkylation sites (tertiary alicyclic amines) is 2. The van der Waals surface area contributed by atoms with Gasteiger partial charge in [-0.1, -0.05) is 12.1 Å². The number of aromatic nitrogens is 4. The van der Waals surface area contributed by atoms with E-state index in [1.54, 1.807) is 6.20 Å². The first-order valence-corrected chi connectivity index (χ1v) is 13.7. The van der Waals surface area contributed by atoms with E-state index in [9.17, 15) is 4.79 Å². The Balaban J connectivity index is 1.11. The topological polar surface area (TPSA) is 93.2 Å². The number of nitrogens with zero attached hydrogens (tertiary/aromatic N) is 6. The van der Waals surface area contributed by atoms with Crippen LogP contribution in [0.1, 0.15) is 42.9 Å². The molecule has 3 aromatic heterocycles. The number of hydrogen-bond donors (Lipinski definition) is 1. The van der Waals surface area contributed by atoms with E-state index in [0.717, 1.165) is 81.0 Å². The molecule has 0 atom stereocenters. The van der Waals surface area contributed by atoms with Gasteiger partial charge in [0.25, 0.3) is 0 Å². The third-order valence-electron chi connectivity index (χ3n) is 8.07. The summed E-state index contributed by atoms with van der Waals surface area (Å²) in [6.45, 7) is 6.39. The quantitative estimate of drug-likeness (QED) is 0.427. The molecule has 0 spiro atoms. The molecule has 196 valence electrons. The molecule has 2 aliphatic rings. The maximum Gasteiger partial charge on any atom is 0.225 e. The summed E-state index contributed by atoms with van der Waals surface area (Å²) in [5, 5.41) is 0. The normalized spacial score (nSPS) is 17.8. The van der Waals surface area contributed by atoms with Gasteiger partial charge in [-0.15, -0.1) is 0 Å². The minimum absolute atomic E-state index is 0.117. The molecule has 4 aromatic rings. The highest BCUT2D eigenvalue weighted by molar-refractivity contribution is 5.81. The average molecular weight is 510 g/mol. The predicted molar refractivity (Wildman–Crippen MR) is 149 cm³/mol. The third-order valence-corrected chi connectivity index (χ3v) is 8.07. The summed E-state index contributed by atoms with van der Waals surface area (Å²) in [5.74, 6) is 1.92. The van der Waals surface area contributed by atoms with Gasteiger partial charge in [-0.25, -0.2) is 9.97 Å². The average Bonchev–Trinajstić information content (AvgIpc) is 3.32. The molecule has 5 heterocycles. The second-order valence-corrected chi connectivity index (χ2v) is 10.7. The van der Waals surface area contributed by atoms with E-state index in [0.29, 0.717) is 17.8 Å². The number of pyridine rings is 2. The molecular formula is C30H35N7O. The lowest BCUT2D eigenvalue weighted by Crippen LogP contribution is -2.45. The van der Waals surface area contributed by atoms with Gasteiger partial charge in [0, 0.05) is 44.0 Å². The van der Waals surface area contributed by atoms with E-state index in [1.165, 1.54) is 11.1 Å². The molecule has 0 saturated carbocycles. The van der Waals surface area contributed by atoms with Crippen LogP contribution in [-0.4, -0.2) is 61.4 Å². The van der Waals surface area contributed by atoms with E-state index in [1.807, 2.05) is 36.5 Å². The SMILES string of the molecule is Cc1ccc2c(c1)nc(-c1ccccn1)n2C1CCN(C(=O)C2CCN(Cc3ccnc(N)c3)CC2)CC1. The second kappa shape index (κ2) is 10.5. The van der Waals surface area contributed by atoms with Gasteiger partial charge in [-0.3, -0.25) is 14.7 Å². The molecule has 1 amide bonds. The number of nitrogens with two attached hydrogens (primary N) is 1. The van der Waals surface area contributed by atoms with Gasteiger partial charge < -0.3 is 15.2 Å². The number of carbonyl (C=O) groups is 1. The highest BCUT2D eigenvalue weighted by Crippen LogP contribution is 2.34. The van der Waals surface area contributed by atoms with Crippen LogP contribution in [0.4, 0.5) is 5.82 Å². The summed E-state index contributed by atoms with van der Waals surface area (Å²) in [7, 11) is 0. The van der Waals surface area contributed by atoms with Crippen molar-refractivity contribution in [3.8, 4) is 11.5 Å². The summed E-state index contributed by atoms with van der Waals surface area (Å²) >= 11 is 0. The number of rotatable bonds is 5. The Hall–Kier alpha value is -3.78. The first-order valence-electron chi connectivity index (χ1n) is 13.7. The summed E-state index contributed by atoms with van der Waals surface area (Å²) in [4.78, 5) is 31.6. The number of fused-ring (bicyclic) bond motifs is 1. The molecule has 6 rings (SSSR count). The number of imidazole rings is 1. The number of carbonyl (C=O) groups excluding carboxylic acids is 1. The monoisotopic (exact) mass is 509 g/mol. The van der Waals surface area contributed by atoms with Crippen LogP contribution in [0, 0.1) is 12.8 Å². The fourth-order valence-corrected chi connectivity index (χ4v) is 6.05. The molecule has 2 saturated heterocycles. The molecule has 0 radical (unpaired) electrons. The van der Waals surface area contributed by atoms with Crippen molar-refractivity contribution < 1.29 is 4.79 Å². The zero-order chi connectivity index (χ0) is 26.1. The lowest BCUT2D eigenvalue weighted by Gasteiger charge is -2.38. The van der Waals surface area contributed by atoms with Crippen LogP contribution in [0.2, 0.25) is 0 Å². The Labute approximate surface area is 223 Å². The number of piperidine rings is 2. The van der Waals surface area contributed by atoms with Crippen molar-refractivity contribution in [1.82, 2.24) is 29.3 Å². The summed E-state index contributed by atoms with van der Waals surface area (Å²) < 4.78 is 2.36. The van der Waals surface area contributed by atoms with Gasteiger partial charge in [-0.05, 0) is 93.2 Å². The summed E-state index contributed by atoms with van der Waals surface area (Å²) in [6.07, 6.45) is 7.25. The lowest BCUT2D eigenvalue weighted by molar-refractivity contribution is -0.138. The Kier molecular flexibility index (Phi) is 6.81. The number of benzene rings is 1. The minimum atomic E-state index is 0.117. The van der Waals surface area contributed by atoms with Crippen molar-refractivity contribution in [3.63, 3.8) is 0 Å². The highest BCUT2D eigenvalue weighted by atomic mass is 16.2. The van der Waals surface area contributed by atoms with Gasteiger partial charge >= 0.3 is 0 Å². The molecule has 8 nitrogen and oxygen atoms in total. The van der Waals surface area contributed by atoms with Crippen molar-refractivity contribution in [2.24, 2.45) is 5.92 Å². The highest BCUT2D eigenvalue weighted by Gasteiger charge is 2.32. The molecule has 0 aliphatic carbocycles. The molecule has 2 fully saturated rings. The van der Waals surface area contributed by atoms with Crippen molar-refractivity contribution in [2.75, 3.05) is 31.9 Å². The number of hydrogen-bond acceptors (Lipinski definition) is 6. The molecular weight excluding hydrogens is 474 g/mol. The van der Waals surface area contributed by atoms with Crippen LogP contribution in [0.3, 0.4) is 0 Å². The van der Waals surface area contributed by atoms with Crippen LogP contribution in [0.5, 0.6) is 0 Å². The Morgan fingerprint density at radius 3 is 2.50 bits per heavy atom. The van der Waals surface area contributed by atoms with Crippen LogP contribution < -0.4 is 5.73 Å². The molecule has 8 heteroatoms. The summed E-state index contributed by atoms with van der Waals surface area (Å²) in [5.41, 5.74) is 11.2.